The van der Waals surface area contributed by atoms with Gasteiger partial charge in [-0.2, -0.15) is 0 Å². The number of alkyl halides is 1. The fraction of sp³-hybridized carbons (Fsp3) is 0.909. The topological polar surface area (TPSA) is 35.5 Å². The summed E-state index contributed by atoms with van der Waals surface area (Å²) in [6.07, 6.45) is 5.06. The zero-order valence-corrected chi connectivity index (χ0v) is 10.2. The first-order valence-electron chi connectivity index (χ1n) is 5.61. The molecule has 2 aliphatic heterocycles. The zero-order chi connectivity index (χ0) is 10.5. The van der Waals surface area contributed by atoms with Crippen LogP contribution in [0, 0.1) is 11.8 Å². The molecule has 15 heavy (non-hydrogen) atoms. The number of ether oxygens (including phenoxy) is 2. The van der Waals surface area contributed by atoms with Gasteiger partial charge >= 0.3 is 5.97 Å². The predicted molar refractivity (Wildman–Crippen MR) is 57.6 cm³/mol. The minimum Gasteiger partial charge on any atom is -0.462 e. The van der Waals surface area contributed by atoms with E-state index in [1.165, 1.54) is 0 Å². The molecular formula is C11H15BrO3. The normalized spacial score (nSPS) is 47.8. The third-order valence-electron chi connectivity index (χ3n) is 4.07. The first-order chi connectivity index (χ1) is 7.21. The van der Waals surface area contributed by atoms with Crippen LogP contribution in [0.25, 0.3) is 0 Å². The van der Waals surface area contributed by atoms with E-state index in [9.17, 15) is 4.79 Å². The molecule has 0 N–H and O–H groups in total. The summed E-state index contributed by atoms with van der Waals surface area (Å²) >= 11 is 3.33. The molecule has 4 rings (SSSR count). The standard InChI is InChI=1S/C11H15BrO3/c12-6-14-11-3-7-1-8(4-11)10(13)15-9(2-7)5-11/h7-9H,1-6H2. The Kier molecular flexibility index (Phi) is 2.32. The van der Waals surface area contributed by atoms with Gasteiger partial charge in [0, 0.05) is 6.42 Å². The van der Waals surface area contributed by atoms with Crippen molar-refractivity contribution in [3.05, 3.63) is 0 Å². The maximum Gasteiger partial charge on any atom is 0.309 e. The van der Waals surface area contributed by atoms with Crippen molar-refractivity contribution in [3.63, 3.8) is 0 Å². The molecule has 0 radical (unpaired) electrons. The number of hydrogen-bond donors (Lipinski definition) is 0. The highest BCUT2D eigenvalue weighted by Crippen LogP contribution is 2.51. The van der Waals surface area contributed by atoms with Crippen LogP contribution in [-0.4, -0.2) is 23.2 Å². The lowest BCUT2D eigenvalue weighted by atomic mass is 9.65. The molecular weight excluding hydrogens is 260 g/mol. The van der Waals surface area contributed by atoms with E-state index in [4.69, 9.17) is 9.47 Å². The summed E-state index contributed by atoms with van der Waals surface area (Å²) in [5, 5.41) is 0. The van der Waals surface area contributed by atoms with Gasteiger partial charge < -0.3 is 9.47 Å². The average Bonchev–Trinajstić information content (AvgIpc) is 2.29. The van der Waals surface area contributed by atoms with Crippen LogP contribution in [0.3, 0.4) is 0 Å². The van der Waals surface area contributed by atoms with Crippen molar-refractivity contribution in [2.45, 2.75) is 43.8 Å². The molecule has 4 atom stereocenters. The summed E-state index contributed by atoms with van der Waals surface area (Å²) in [4.78, 5) is 11.7. The second-order valence-corrected chi connectivity index (χ2v) is 5.60. The molecule has 0 aromatic heterocycles. The Morgan fingerprint density at radius 1 is 1.40 bits per heavy atom. The van der Waals surface area contributed by atoms with Gasteiger partial charge in [0.15, 0.2) is 0 Å². The van der Waals surface area contributed by atoms with Crippen molar-refractivity contribution in [1.29, 1.82) is 0 Å². The number of hydrogen-bond acceptors (Lipinski definition) is 3. The lowest BCUT2D eigenvalue weighted by Crippen LogP contribution is -2.46. The van der Waals surface area contributed by atoms with E-state index in [-0.39, 0.29) is 23.6 Å². The second kappa shape index (κ2) is 3.45. The maximum atomic E-state index is 11.7. The highest BCUT2D eigenvalue weighted by molar-refractivity contribution is 9.09. The van der Waals surface area contributed by atoms with Crippen LogP contribution >= 0.6 is 15.9 Å². The summed E-state index contributed by atoms with van der Waals surface area (Å²) in [5.74, 6) is 0.741. The van der Waals surface area contributed by atoms with Gasteiger partial charge in [0.05, 0.1) is 11.5 Å². The van der Waals surface area contributed by atoms with Crippen LogP contribution in [0.5, 0.6) is 0 Å². The Balaban J connectivity index is 1.91. The molecule has 0 aromatic rings. The molecule has 4 heteroatoms. The van der Waals surface area contributed by atoms with E-state index < -0.39 is 0 Å². The summed E-state index contributed by atoms with van der Waals surface area (Å²) in [7, 11) is 0. The van der Waals surface area contributed by atoms with E-state index >= 15 is 0 Å². The molecule has 4 fully saturated rings. The molecule has 4 aliphatic rings. The minimum absolute atomic E-state index is 0.0160. The average molecular weight is 275 g/mol. The number of fused-ring (bicyclic) bond motifs is 1. The van der Waals surface area contributed by atoms with Gasteiger partial charge in [-0.25, -0.2) is 0 Å². The van der Waals surface area contributed by atoms with Crippen molar-refractivity contribution >= 4 is 21.9 Å². The van der Waals surface area contributed by atoms with Gasteiger partial charge in [0.25, 0.3) is 0 Å². The Morgan fingerprint density at radius 2 is 2.27 bits per heavy atom. The van der Waals surface area contributed by atoms with E-state index in [0.717, 1.165) is 32.1 Å². The third-order valence-corrected chi connectivity index (χ3v) is 4.30. The molecule has 0 aromatic carbocycles. The largest absolute Gasteiger partial charge is 0.462 e. The van der Waals surface area contributed by atoms with E-state index in [1.54, 1.807) is 0 Å². The van der Waals surface area contributed by atoms with Crippen molar-refractivity contribution in [2.75, 3.05) is 5.52 Å². The molecule has 3 nitrogen and oxygen atoms in total. The summed E-state index contributed by atoms with van der Waals surface area (Å²) < 4.78 is 11.3. The first-order valence-corrected chi connectivity index (χ1v) is 6.73. The lowest BCUT2D eigenvalue weighted by Gasteiger charge is -2.45. The van der Waals surface area contributed by atoms with Crippen LogP contribution in [0.4, 0.5) is 0 Å². The van der Waals surface area contributed by atoms with Gasteiger partial charge in [0.2, 0.25) is 0 Å². The minimum atomic E-state index is -0.0772. The van der Waals surface area contributed by atoms with Crippen LogP contribution in [0.15, 0.2) is 0 Å². The van der Waals surface area contributed by atoms with Crippen molar-refractivity contribution in [2.24, 2.45) is 11.8 Å². The summed E-state index contributed by atoms with van der Waals surface area (Å²) in [6, 6.07) is 0. The Hall–Kier alpha value is -0.0900. The number of rotatable bonds is 2. The fourth-order valence-electron chi connectivity index (χ4n) is 3.67. The number of carbonyl (C=O) groups excluding carboxylic acids is 1. The Labute approximate surface area is 97.6 Å². The van der Waals surface area contributed by atoms with Gasteiger partial charge in [-0.3, -0.25) is 4.79 Å². The summed E-state index contributed by atoms with van der Waals surface area (Å²) in [6.45, 7) is 0. The number of halogens is 1. The van der Waals surface area contributed by atoms with Crippen molar-refractivity contribution in [1.82, 2.24) is 0 Å². The Morgan fingerprint density at radius 3 is 3.07 bits per heavy atom. The quantitative estimate of drug-likeness (QED) is 0.572. The SMILES string of the molecule is O=C1OC2CC3CC1CC(OCBr)(C3)C2. The molecule has 4 bridgehead atoms. The molecule has 0 amide bonds. The molecule has 84 valence electrons. The first kappa shape index (κ1) is 10.1. The second-order valence-electron chi connectivity index (χ2n) is 5.14. The molecule has 2 aliphatic carbocycles. The monoisotopic (exact) mass is 274 g/mol. The fourth-order valence-corrected chi connectivity index (χ4v) is 4.15. The molecule has 2 heterocycles. The lowest BCUT2D eigenvalue weighted by molar-refractivity contribution is -0.151. The van der Waals surface area contributed by atoms with Gasteiger partial charge in [-0.05, 0) is 31.6 Å². The summed E-state index contributed by atoms with van der Waals surface area (Å²) in [5.41, 5.74) is 0.486. The van der Waals surface area contributed by atoms with Crippen LogP contribution in [-0.2, 0) is 14.3 Å². The van der Waals surface area contributed by atoms with Crippen molar-refractivity contribution < 1.29 is 14.3 Å². The smallest absolute Gasteiger partial charge is 0.309 e. The van der Waals surface area contributed by atoms with E-state index in [2.05, 4.69) is 15.9 Å². The zero-order valence-electron chi connectivity index (χ0n) is 8.58. The van der Waals surface area contributed by atoms with Gasteiger partial charge in [-0.15, -0.1) is 0 Å². The number of carbonyl (C=O) groups is 1. The molecule has 2 saturated heterocycles. The maximum absolute atomic E-state index is 11.7. The van der Waals surface area contributed by atoms with E-state index in [0.29, 0.717) is 11.4 Å². The molecule has 2 saturated carbocycles. The van der Waals surface area contributed by atoms with E-state index in [1.807, 2.05) is 0 Å². The van der Waals surface area contributed by atoms with Crippen LogP contribution in [0.2, 0.25) is 0 Å². The van der Waals surface area contributed by atoms with Crippen LogP contribution < -0.4 is 0 Å². The number of esters is 1. The van der Waals surface area contributed by atoms with Crippen molar-refractivity contribution in [3.8, 4) is 0 Å². The van der Waals surface area contributed by atoms with Crippen LogP contribution in [0.1, 0.15) is 32.1 Å². The highest BCUT2D eigenvalue weighted by Gasteiger charge is 2.53. The Bertz CT molecular complexity index is 294. The van der Waals surface area contributed by atoms with Gasteiger partial charge in [-0.1, -0.05) is 15.9 Å². The predicted octanol–water partition coefficient (Wildman–Crippen LogP) is 2.23. The molecule has 0 spiro atoms. The third kappa shape index (κ3) is 1.62. The van der Waals surface area contributed by atoms with Gasteiger partial charge in [0.1, 0.15) is 11.6 Å². The highest BCUT2D eigenvalue weighted by atomic mass is 79.9. The molecule has 4 unspecified atom stereocenters.